The predicted molar refractivity (Wildman–Crippen MR) is 66.2 cm³/mol. The van der Waals surface area contributed by atoms with Gasteiger partial charge in [0.2, 0.25) is 0 Å². The number of benzene rings is 1. The van der Waals surface area contributed by atoms with E-state index in [0.717, 1.165) is 11.1 Å². The minimum absolute atomic E-state index is 0.385. The average Bonchev–Trinajstić information content (AvgIpc) is 2.40. The normalized spacial score (nSPS) is 12.2. The van der Waals surface area contributed by atoms with Crippen LogP contribution in [0.15, 0.2) is 30.5 Å². The molecule has 1 heterocycles. The summed E-state index contributed by atoms with van der Waals surface area (Å²) in [5.74, 6) is 0.459. The summed E-state index contributed by atoms with van der Waals surface area (Å²) >= 11 is 0. The summed E-state index contributed by atoms with van der Waals surface area (Å²) in [4.78, 5) is 0. The molecule has 0 saturated carbocycles. The van der Waals surface area contributed by atoms with Gasteiger partial charge in [-0.2, -0.15) is 0 Å². The number of rotatable bonds is 4. The molecule has 18 heavy (non-hydrogen) atoms. The monoisotopic (exact) mass is 245 g/mol. The number of aliphatic hydroxyl groups excluding tert-OH is 1. The summed E-state index contributed by atoms with van der Waals surface area (Å²) in [7, 11) is 0. The lowest BCUT2D eigenvalue weighted by molar-refractivity contribution is 0.203. The standard InChI is InChI=1S/C13H15N3O2/c1-3-18-11-8-14-16-15-12(11)13(17)10-6-4-9(2)5-7-10/h4-8,13,17H,3H2,1-2H3. The van der Waals surface area contributed by atoms with Gasteiger partial charge in [-0.25, -0.2) is 0 Å². The third-order valence-corrected chi connectivity index (χ3v) is 2.58. The molecule has 0 bridgehead atoms. The molecule has 1 N–H and O–H groups in total. The third-order valence-electron chi connectivity index (χ3n) is 2.58. The van der Waals surface area contributed by atoms with Crippen molar-refractivity contribution in [2.45, 2.75) is 20.0 Å². The maximum atomic E-state index is 10.3. The van der Waals surface area contributed by atoms with Gasteiger partial charge in [0.1, 0.15) is 11.8 Å². The van der Waals surface area contributed by atoms with Crippen LogP contribution < -0.4 is 4.74 Å². The first-order chi connectivity index (χ1) is 8.72. The molecular weight excluding hydrogens is 230 g/mol. The Bertz CT molecular complexity index is 514. The van der Waals surface area contributed by atoms with E-state index < -0.39 is 6.10 Å². The van der Waals surface area contributed by atoms with Crippen LogP contribution in [0.5, 0.6) is 5.75 Å². The minimum atomic E-state index is -0.859. The van der Waals surface area contributed by atoms with E-state index in [1.165, 1.54) is 6.20 Å². The summed E-state index contributed by atoms with van der Waals surface area (Å²) in [6.45, 7) is 4.34. The van der Waals surface area contributed by atoms with Gasteiger partial charge in [-0.3, -0.25) is 0 Å². The van der Waals surface area contributed by atoms with Crippen molar-refractivity contribution in [3.05, 3.63) is 47.3 Å². The summed E-state index contributed by atoms with van der Waals surface area (Å²) < 4.78 is 5.38. The van der Waals surface area contributed by atoms with E-state index >= 15 is 0 Å². The molecular formula is C13H15N3O2. The first-order valence-corrected chi connectivity index (χ1v) is 5.78. The van der Waals surface area contributed by atoms with Crippen LogP contribution in [0.4, 0.5) is 0 Å². The molecule has 94 valence electrons. The maximum absolute atomic E-state index is 10.3. The van der Waals surface area contributed by atoms with Crippen molar-refractivity contribution in [1.29, 1.82) is 0 Å². The first-order valence-electron chi connectivity index (χ1n) is 5.78. The van der Waals surface area contributed by atoms with Crippen LogP contribution in [0.25, 0.3) is 0 Å². The predicted octanol–water partition coefficient (Wildman–Crippen LogP) is 1.66. The third kappa shape index (κ3) is 2.62. The number of nitrogens with zero attached hydrogens (tertiary/aromatic N) is 3. The van der Waals surface area contributed by atoms with Crippen LogP contribution in [-0.2, 0) is 0 Å². The molecule has 0 aliphatic rings. The van der Waals surface area contributed by atoms with Crippen LogP contribution in [0.3, 0.4) is 0 Å². The number of ether oxygens (including phenoxy) is 1. The van der Waals surface area contributed by atoms with E-state index in [2.05, 4.69) is 15.4 Å². The largest absolute Gasteiger partial charge is 0.490 e. The summed E-state index contributed by atoms with van der Waals surface area (Å²) in [5, 5.41) is 21.3. The lowest BCUT2D eigenvalue weighted by atomic mass is 10.0. The second-order valence-corrected chi connectivity index (χ2v) is 3.93. The second kappa shape index (κ2) is 5.55. The summed E-state index contributed by atoms with van der Waals surface area (Å²) in [6.07, 6.45) is 0.603. The Hall–Kier alpha value is -2.01. The molecule has 0 radical (unpaired) electrons. The van der Waals surface area contributed by atoms with Gasteiger partial charge in [0.25, 0.3) is 0 Å². The molecule has 5 nitrogen and oxygen atoms in total. The Labute approximate surface area is 105 Å². The van der Waals surface area contributed by atoms with E-state index in [-0.39, 0.29) is 0 Å². The Morgan fingerprint density at radius 1 is 1.28 bits per heavy atom. The number of aliphatic hydroxyl groups is 1. The summed E-state index contributed by atoms with van der Waals surface area (Å²) in [6, 6.07) is 7.59. The van der Waals surface area contributed by atoms with Crippen LogP contribution in [0, 0.1) is 6.92 Å². The highest BCUT2D eigenvalue weighted by molar-refractivity contribution is 5.34. The van der Waals surface area contributed by atoms with Crippen molar-refractivity contribution in [3.8, 4) is 5.75 Å². The zero-order valence-electron chi connectivity index (χ0n) is 10.4. The first kappa shape index (κ1) is 12.4. The van der Waals surface area contributed by atoms with Gasteiger partial charge in [0.05, 0.1) is 12.8 Å². The highest BCUT2D eigenvalue weighted by Gasteiger charge is 2.18. The quantitative estimate of drug-likeness (QED) is 0.887. The molecule has 0 aliphatic carbocycles. The lowest BCUT2D eigenvalue weighted by Crippen LogP contribution is -2.08. The fraction of sp³-hybridized carbons (Fsp3) is 0.308. The molecule has 0 aliphatic heterocycles. The fourth-order valence-corrected chi connectivity index (χ4v) is 1.63. The molecule has 1 aromatic heterocycles. The van der Waals surface area contributed by atoms with Gasteiger partial charge in [-0.1, -0.05) is 29.8 Å². The van der Waals surface area contributed by atoms with Crippen molar-refractivity contribution < 1.29 is 9.84 Å². The van der Waals surface area contributed by atoms with Crippen molar-refractivity contribution in [1.82, 2.24) is 15.4 Å². The molecule has 5 heteroatoms. The Morgan fingerprint density at radius 2 is 2.00 bits per heavy atom. The number of aromatic nitrogens is 3. The van der Waals surface area contributed by atoms with Crippen molar-refractivity contribution >= 4 is 0 Å². The molecule has 2 aromatic rings. The topological polar surface area (TPSA) is 68.1 Å². The molecule has 1 unspecified atom stereocenters. The molecule has 0 fully saturated rings. The Kier molecular flexibility index (Phi) is 3.84. The van der Waals surface area contributed by atoms with E-state index in [4.69, 9.17) is 4.74 Å². The second-order valence-electron chi connectivity index (χ2n) is 3.93. The van der Waals surface area contributed by atoms with E-state index in [9.17, 15) is 5.11 Å². The van der Waals surface area contributed by atoms with Gasteiger partial charge in [0, 0.05) is 0 Å². The zero-order valence-corrected chi connectivity index (χ0v) is 10.4. The van der Waals surface area contributed by atoms with Crippen LogP contribution in [0.1, 0.15) is 29.8 Å². The summed E-state index contributed by atoms with van der Waals surface area (Å²) in [5.41, 5.74) is 2.27. The van der Waals surface area contributed by atoms with Crippen LogP contribution in [-0.4, -0.2) is 27.1 Å². The minimum Gasteiger partial charge on any atom is -0.490 e. The molecule has 1 aromatic carbocycles. The van der Waals surface area contributed by atoms with Crippen LogP contribution >= 0.6 is 0 Å². The molecule has 0 saturated heterocycles. The highest BCUT2D eigenvalue weighted by atomic mass is 16.5. The van der Waals surface area contributed by atoms with E-state index in [1.54, 1.807) is 0 Å². The van der Waals surface area contributed by atoms with E-state index in [1.807, 2.05) is 38.1 Å². The van der Waals surface area contributed by atoms with Crippen molar-refractivity contribution in [2.24, 2.45) is 0 Å². The smallest absolute Gasteiger partial charge is 0.165 e. The van der Waals surface area contributed by atoms with Crippen LogP contribution in [0.2, 0.25) is 0 Å². The number of hydrogen-bond acceptors (Lipinski definition) is 5. The molecule has 0 amide bonds. The number of hydrogen-bond donors (Lipinski definition) is 1. The van der Waals surface area contributed by atoms with Gasteiger partial charge >= 0.3 is 0 Å². The average molecular weight is 245 g/mol. The fourth-order valence-electron chi connectivity index (χ4n) is 1.63. The van der Waals surface area contributed by atoms with E-state index in [0.29, 0.717) is 18.1 Å². The molecule has 2 rings (SSSR count). The number of aryl methyl sites for hydroxylation is 1. The lowest BCUT2D eigenvalue weighted by Gasteiger charge is -2.13. The van der Waals surface area contributed by atoms with Gasteiger partial charge in [-0.15, -0.1) is 10.2 Å². The SMILES string of the molecule is CCOc1cnnnc1C(O)c1ccc(C)cc1. The van der Waals surface area contributed by atoms with Gasteiger partial charge in [-0.05, 0) is 24.6 Å². The maximum Gasteiger partial charge on any atom is 0.165 e. The Morgan fingerprint density at radius 3 is 2.67 bits per heavy atom. The zero-order chi connectivity index (χ0) is 13.0. The van der Waals surface area contributed by atoms with Gasteiger partial charge in [0.15, 0.2) is 5.75 Å². The van der Waals surface area contributed by atoms with Crippen molar-refractivity contribution in [2.75, 3.05) is 6.61 Å². The molecule has 0 spiro atoms. The Balaban J connectivity index is 2.33. The highest BCUT2D eigenvalue weighted by Crippen LogP contribution is 2.26. The van der Waals surface area contributed by atoms with Crippen molar-refractivity contribution in [3.63, 3.8) is 0 Å². The molecule has 1 atom stereocenters. The van der Waals surface area contributed by atoms with Gasteiger partial charge < -0.3 is 9.84 Å².